The molecule has 8 aromatic rings. The van der Waals surface area contributed by atoms with Gasteiger partial charge in [0, 0.05) is 35.4 Å². The molecule has 0 aliphatic rings. The van der Waals surface area contributed by atoms with Crippen molar-refractivity contribution in [2.45, 2.75) is 52.6 Å². The van der Waals surface area contributed by atoms with E-state index in [0.29, 0.717) is 11.8 Å². The minimum absolute atomic E-state index is 0. The van der Waals surface area contributed by atoms with E-state index in [1.165, 1.54) is 77.2 Å². The molecule has 0 aromatic heterocycles. The first-order valence-corrected chi connectivity index (χ1v) is 20.2. The summed E-state index contributed by atoms with van der Waals surface area (Å²) < 4.78 is 0. The zero-order valence-electron chi connectivity index (χ0n) is 31.3. The molecule has 52 heavy (non-hydrogen) atoms. The van der Waals surface area contributed by atoms with E-state index < -0.39 is 0 Å². The molecule has 0 unspecified atom stereocenters. The maximum atomic E-state index is 2.33. The van der Waals surface area contributed by atoms with Crippen LogP contribution in [0.4, 0.5) is 0 Å². The van der Waals surface area contributed by atoms with Crippen LogP contribution in [0.25, 0.3) is 66.1 Å². The normalized spacial score (nSPS) is 10.8. The summed E-state index contributed by atoms with van der Waals surface area (Å²) in [4.78, 5) is 0. The van der Waals surface area contributed by atoms with Crippen LogP contribution in [0.2, 0.25) is 13.1 Å². The van der Waals surface area contributed by atoms with Gasteiger partial charge in [-0.3, -0.25) is 0 Å². The zero-order chi connectivity index (χ0) is 35.7. The van der Waals surface area contributed by atoms with E-state index in [-0.39, 0.29) is 25.8 Å². The second-order valence-corrected chi connectivity index (χ2v) is 14.8. The van der Waals surface area contributed by atoms with Crippen LogP contribution in [0.15, 0.2) is 170 Å². The Morgan fingerprint density at radius 2 is 0.731 bits per heavy atom. The van der Waals surface area contributed by atoms with Gasteiger partial charge in [-0.05, 0) is 34.1 Å². The number of fused-ring (bicyclic) bond motifs is 2. The first-order chi connectivity index (χ1) is 24.9. The Bertz CT molecular complexity index is 2140. The van der Waals surface area contributed by atoms with Crippen molar-refractivity contribution in [2.75, 3.05) is 0 Å². The summed E-state index contributed by atoms with van der Waals surface area (Å²) in [6.45, 7) is 13.4. The molecule has 0 atom stereocenters. The molecule has 2 radical (unpaired) electrons. The van der Waals surface area contributed by atoms with Gasteiger partial charge in [-0.1, -0.05) is 197 Å². The van der Waals surface area contributed by atoms with E-state index in [9.17, 15) is 0 Å². The molecule has 0 aliphatic carbocycles. The number of hydrogen-bond donors (Lipinski definition) is 0. The molecule has 258 valence electrons. The fourth-order valence-corrected chi connectivity index (χ4v) is 7.03. The van der Waals surface area contributed by atoms with Gasteiger partial charge in [0.15, 0.2) is 0 Å². The second-order valence-electron chi connectivity index (χ2n) is 13.8. The molecule has 2 heteroatoms. The Hall–Kier alpha value is -4.37. The zero-order valence-corrected chi connectivity index (χ0v) is 35.9. The van der Waals surface area contributed by atoms with Crippen LogP contribution in [-0.4, -0.2) is 9.52 Å². The molecular weight excluding hydrogens is 807 g/mol. The smallest absolute Gasteiger partial charge is 0.0307 e. The van der Waals surface area contributed by atoms with Crippen LogP contribution in [0.5, 0.6) is 0 Å². The van der Waals surface area contributed by atoms with Gasteiger partial charge in [0.2, 0.25) is 0 Å². The van der Waals surface area contributed by atoms with E-state index in [0.717, 1.165) is 9.52 Å². The number of rotatable bonds is 6. The fourth-order valence-electron chi connectivity index (χ4n) is 7.03. The Morgan fingerprint density at radius 1 is 0.404 bits per heavy atom. The number of benzene rings is 6. The summed E-state index contributed by atoms with van der Waals surface area (Å²) in [5, 5.41) is 5.30. The van der Waals surface area contributed by atoms with E-state index in [4.69, 9.17) is 0 Å². The molecule has 0 fully saturated rings. The summed E-state index contributed by atoms with van der Waals surface area (Å²) in [5.74, 6) is 1.03. The van der Waals surface area contributed by atoms with Crippen molar-refractivity contribution in [1.29, 1.82) is 0 Å². The topological polar surface area (TPSA) is 0 Å². The molecule has 0 aliphatic heterocycles. The molecule has 0 saturated heterocycles. The van der Waals surface area contributed by atoms with Gasteiger partial charge in [-0.15, -0.1) is 69.1 Å². The van der Waals surface area contributed by atoms with Gasteiger partial charge in [-0.25, -0.2) is 0 Å². The average Bonchev–Trinajstić information content (AvgIpc) is 3.82. The third kappa shape index (κ3) is 8.80. The van der Waals surface area contributed by atoms with Crippen molar-refractivity contribution < 1.29 is 25.8 Å². The summed E-state index contributed by atoms with van der Waals surface area (Å²) >= 11 is 0. The monoisotopic (exact) mass is 856 g/mol. The van der Waals surface area contributed by atoms with Gasteiger partial charge in [-0.2, -0.15) is 0 Å². The summed E-state index contributed by atoms with van der Waals surface area (Å²) in [7, 11) is 1.08. The third-order valence-corrected chi connectivity index (χ3v) is 9.46. The molecule has 0 saturated carbocycles. The maximum Gasteiger partial charge on any atom is 0.0307 e. The van der Waals surface area contributed by atoms with Crippen molar-refractivity contribution in [3.05, 3.63) is 181 Å². The molecule has 0 amide bonds. The van der Waals surface area contributed by atoms with Crippen LogP contribution < -0.4 is 0 Å². The SMILES string of the molecule is CC(C)c1ccccc1-c1cccc2[cH-]c(-c3ccccc3)cc12.CC(C)c1ccccc1-c1cccc2[cH-]c(-c3ccccc3)cc12.C[Si]C.[Hf]. The molecule has 8 aromatic carbocycles. The quantitative estimate of drug-likeness (QED) is 0.115. The van der Waals surface area contributed by atoms with Crippen molar-refractivity contribution in [1.82, 2.24) is 0 Å². The van der Waals surface area contributed by atoms with Crippen molar-refractivity contribution in [2.24, 2.45) is 0 Å². The average molecular weight is 856 g/mol. The van der Waals surface area contributed by atoms with E-state index in [1.807, 2.05) is 0 Å². The van der Waals surface area contributed by atoms with Gasteiger partial charge < -0.3 is 0 Å². The van der Waals surface area contributed by atoms with E-state index in [2.05, 4.69) is 211 Å². The van der Waals surface area contributed by atoms with Gasteiger partial charge >= 0.3 is 0 Å². The van der Waals surface area contributed by atoms with Gasteiger partial charge in [0.1, 0.15) is 0 Å². The molecule has 0 nitrogen and oxygen atoms in total. The van der Waals surface area contributed by atoms with Crippen LogP contribution in [0.1, 0.15) is 50.7 Å². The molecule has 0 heterocycles. The molecule has 0 bridgehead atoms. The third-order valence-electron chi connectivity index (χ3n) is 9.46. The van der Waals surface area contributed by atoms with Crippen LogP contribution in [0.3, 0.4) is 0 Å². The Labute approximate surface area is 332 Å². The minimum atomic E-state index is 0. The summed E-state index contributed by atoms with van der Waals surface area (Å²) in [5.41, 5.74) is 13.3. The van der Waals surface area contributed by atoms with Gasteiger partial charge in [0.25, 0.3) is 0 Å². The Kier molecular flexibility index (Phi) is 13.7. The summed E-state index contributed by atoms with van der Waals surface area (Å²) in [6, 6.07) is 61.3. The van der Waals surface area contributed by atoms with E-state index >= 15 is 0 Å². The Morgan fingerprint density at radius 3 is 1.10 bits per heavy atom. The van der Waals surface area contributed by atoms with Crippen molar-refractivity contribution in [3.8, 4) is 44.5 Å². The Balaban J connectivity index is 0.000000184. The minimum Gasteiger partial charge on any atom is -0.144 e. The molecule has 0 N–H and O–H groups in total. The maximum absolute atomic E-state index is 2.33. The first kappa shape index (κ1) is 38.8. The number of hydrogen-bond acceptors (Lipinski definition) is 0. The standard InChI is InChI=1S/2C24H21.C2H6Si.Hf/c2*1-17(2)21-12-6-7-13-22(21)23-14-8-11-19-15-20(16-24(19)23)18-9-4-3-5-10-18;1-3-2;/h2*3-17H,1-2H3;1-2H3;/q2*-1;;. The van der Waals surface area contributed by atoms with Crippen LogP contribution in [0, 0.1) is 0 Å². The van der Waals surface area contributed by atoms with E-state index in [1.54, 1.807) is 0 Å². The largest absolute Gasteiger partial charge is 0.144 e. The fraction of sp³-hybridized carbons (Fsp3) is 0.160. The predicted molar refractivity (Wildman–Crippen MR) is 226 cm³/mol. The molecular formula is C50H48HfSi-2. The summed E-state index contributed by atoms with van der Waals surface area (Å²) in [6.07, 6.45) is 0. The first-order valence-electron chi connectivity index (χ1n) is 18.2. The van der Waals surface area contributed by atoms with Crippen molar-refractivity contribution in [3.63, 3.8) is 0 Å². The van der Waals surface area contributed by atoms with Gasteiger partial charge in [0.05, 0.1) is 0 Å². The van der Waals surface area contributed by atoms with Crippen LogP contribution >= 0.6 is 0 Å². The molecule has 8 rings (SSSR count). The predicted octanol–water partition coefficient (Wildman–Crippen LogP) is 14.8. The molecule has 0 spiro atoms. The van der Waals surface area contributed by atoms with Crippen LogP contribution in [-0.2, 0) is 25.8 Å². The van der Waals surface area contributed by atoms with Crippen molar-refractivity contribution >= 4 is 31.1 Å². The second kappa shape index (κ2) is 18.4.